The Hall–Kier alpha value is -3.96. The number of phenolic OH excluding ortho intramolecular Hbond substituents is 1. The van der Waals surface area contributed by atoms with Crippen LogP contribution in [-0.4, -0.2) is 62.5 Å². The summed E-state index contributed by atoms with van der Waals surface area (Å²) in [5.74, 6) is -6.27. The fraction of sp³-hybridized carbons (Fsp3) is 0.357. The number of ether oxygens (including phenoxy) is 1. The van der Waals surface area contributed by atoms with Crippen LogP contribution in [0.2, 0.25) is 0 Å². The minimum atomic E-state index is -2.05. The molecule has 2 saturated heterocycles. The number of nitro benzene ring substituents is 1. The SMILES string of the molecule is COc1ccc(O)c([C@H]2C3=CC[C@@H]4C(=O)N(c5cccc([N+](=O)[O-])c5)C(=O)[C@@H]4[C@@H]3C[C@@]3(Cl)C(=O)N(C)C(=O)[C@@]23Cl)c1. The summed E-state index contributed by atoms with van der Waals surface area (Å²) in [6, 6.07) is 9.63. The number of carbonyl (C=O) groups excluding carboxylic acids is 4. The molecule has 212 valence electrons. The van der Waals surface area contributed by atoms with Gasteiger partial charge in [0.15, 0.2) is 9.75 Å². The normalized spacial score (nSPS) is 32.4. The van der Waals surface area contributed by atoms with E-state index in [4.69, 9.17) is 27.9 Å². The molecule has 13 heteroatoms. The molecular weight excluding hydrogens is 577 g/mol. The van der Waals surface area contributed by atoms with Gasteiger partial charge >= 0.3 is 0 Å². The number of anilines is 1. The molecule has 0 unspecified atom stereocenters. The number of hydrogen-bond donors (Lipinski definition) is 1. The molecule has 6 atom stereocenters. The predicted molar refractivity (Wildman–Crippen MR) is 146 cm³/mol. The van der Waals surface area contributed by atoms with Gasteiger partial charge in [0, 0.05) is 30.7 Å². The molecule has 1 N–H and O–H groups in total. The van der Waals surface area contributed by atoms with Crippen molar-refractivity contribution in [2.24, 2.45) is 17.8 Å². The average molecular weight is 600 g/mol. The number of amides is 4. The second-order valence-corrected chi connectivity index (χ2v) is 12.0. The summed E-state index contributed by atoms with van der Waals surface area (Å²) < 4.78 is 5.34. The van der Waals surface area contributed by atoms with Crippen LogP contribution in [0.15, 0.2) is 54.1 Å². The summed E-state index contributed by atoms with van der Waals surface area (Å²) in [5.41, 5.74) is 0.456. The highest BCUT2D eigenvalue weighted by Gasteiger charge is 2.76. The third-order valence-corrected chi connectivity index (χ3v) is 10.3. The van der Waals surface area contributed by atoms with Gasteiger partial charge in [-0.3, -0.25) is 34.2 Å². The fourth-order valence-electron chi connectivity index (χ4n) is 6.98. The highest BCUT2D eigenvalue weighted by Crippen LogP contribution is 2.66. The van der Waals surface area contributed by atoms with E-state index in [1.54, 1.807) is 6.08 Å². The van der Waals surface area contributed by atoms with Crippen molar-refractivity contribution in [3.63, 3.8) is 0 Å². The van der Waals surface area contributed by atoms with Crippen molar-refractivity contribution < 1.29 is 33.9 Å². The first-order valence-electron chi connectivity index (χ1n) is 12.8. The van der Waals surface area contributed by atoms with Gasteiger partial charge in [0.1, 0.15) is 11.5 Å². The molecule has 2 aliphatic carbocycles. The van der Waals surface area contributed by atoms with E-state index >= 15 is 0 Å². The lowest BCUT2D eigenvalue weighted by Crippen LogP contribution is -2.60. The van der Waals surface area contributed by atoms with Crippen molar-refractivity contribution in [2.45, 2.75) is 28.5 Å². The minimum absolute atomic E-state index is 0.0575. The van der Waals surface area contributed by atoms with Crippen molar-refractivity contribution in [3.8, 4) is 11.5 Å². The lowest BCUT2D eigenvalue weighted by atomic mass is 9.56. The molecule has 1 saturated carbocycles. The smallest absolute Gasteiger partial charge is 0.271 e. The standard InChI is InChI=1S/C28H23Cl2N3O8/c1-31-25(37)27(29)12-19-16(22(28(27,30)26(31)38)18-11-15(41-2)6-9-20(18)34)7-8-17-21(19)24(36)32(23(17)35)13-4-3-5-14(10-13)33(39)40/h3-7,9-11,17,19,21-22,34H,8,12H2,1-2H3/t17-,19+,21-,22+,27+,28-/m0/s1. The summed E-state index contributed by atoms with van der Waals surface area (Å²) in [7, 11) is 2.70. The van der Waals surface area contributed by atoms with E-state index in [9.17, 15) is 34.4 Å². The van der Waals surface area contributed by atoms with E-state index in [1.165, 1.54) is 50.6 Å². The number of phenols is 1. The van der Waals surface area contributed by atoms with Gasteiger partial charge in [0.25, 0.3) is 17.5 Å². The fourth-order valence-corrected chi connectivity index (χ4v) is 7.99. The Balaban J connectivity index is 1.52. The van der Waals surface area contributed by atoms with Crippen LogP contribution in [0.25, 0.3) is 0 Å². The van der Waals surface area contributed by atoms with Gasteiger partial charge in [-0.2, -0.15) is 0 Å². The molecule has 0 bridgehead atoms. The lowest BCUT2D eigenvalue weighted by Gasteiger charge is -2.50. The molecule has 2 heterocycles. The molecule has 0 radical (unpaired) electrons. The Morgan fingerprint density at radius 2 is 1.78 bits per heavy atom. The predicted octanol–water partition coefficient (Wildman–Crippen LogP) is 3.50. The van der Waals surface area contributed by atoms with E-state index < -0.39 is 62.0 Å². The number of hydrogen-bond acceptors (Lipinski definition) is 8. The molecule has 11 nitrogen and oxygen atoms in total. The first kappa shape index (κ1) is 27.2. The average Bonchev–Trinajstić information content (AvgIpc) is 3.28. The first-order valence-corrected chi connectivity index (χ1v) is 13.5. The summed E-state index contributed by atoms with van der Waals surface area (Å²) >= 11 is 14.2. The van der Waals surface area contributed by atoms with E-state index in [2.05, 4.69) is 0 Å². The highest BCUT2D eigenvalue weighted by molar-refractivity contribution is 6.53. The third kappa shape index (κ3) is 3.45. The zero-order chi connectivity index (χ0) is 29.6. The maximum Gasteiger partial charge on any atom is 0.271 e. The number of fused-ring (bicyclic) bond motifs is 4. The summed E-state index contributed by atoms with van der Waals surface area (Å²) in [6.45, 7) is 0. The van der Waals surface area contributed by atoms with E-state index in [-0.39, 0.29) is 35.5 Å². The van der Waals surface area contributed by atoms with Crippen molar-refractivity contribution >= 4 is 58.2 Å². The Kier molecular flexibility index (Phi) is 5.99. The van der Waals surface area contributed by atoms with Gasteiger partial charge in [-0.05, 0) is 43.0 Å². The Bertz CT molecular complexity index is 1610. The van der Waals surface area contributed by atoms with Crippen molar-refractivity contribution in [3.05, 3.63) is 69.8 Å². The maximum atomic E-state index is 14.0. The molecule has 41 heavy (non-hydrogen) atoms. The molecule has 6 rings (SSSR count). The van der Waals surface area contributed by atoms with Gasteiger partial charge in [-0.25, -0.2) is 4.90 Å². The van der Waals surface area contributed by atoms with Crippen LogP contribution < -0.4 is 9.64 Å². The minimum Gasteiger partial charge on any atom is -0.508 e. The number of likely N-dealkylation sites (tertiary alicyclic amines) is 1. The molecular formula is C28H23Cl2N3O8. The summed E-state index contributed by atoms with van der Waals surface area (Å²) in [5, 5.41) is 22.3. The number of imide groups is 2. The van der Waals surface area contributed by atoms with Crippen LogP contribution in [-0.2, 0) is 19.2 Å². The molecule has 4 aliphatic rings. The zero-order valence-corrected chi connectivity index (χ0v) is 23.3. The number of halogens is 2. The van der Waals surface area contributed by atoms with Gasteiger partial charge in [0.05, 0.1) is 29.6 Å². The quantitative estimate of drug-likeness (QED) is 0.184. The number of non-ortho nitro benzene ring substituents is 1. The van der Waals surface area contributed by atoms with Crippen LogP contribution in [0.1, 0.15) is 24.3 Å². The zero-order valence-electron chi connectivity index (χ0n) is 21.7. The molecule has 2 aliphatic heterocycles. The number of allylic oxidation sites excluding steroid dienone is 2. The van der Waals surface area contributed by atoms with Gasteiger partial charge in [-0.15, -0.1) is 23.2 Å². The van der Waals surface area contributed by atoms with Gasteiger partial charge < -0.3 is 9.84 Å². The van der Waals surface area contributed by atoms with Gasteiger partial charge in [-0.1, -0.05) is 17.7 Å². The monoisotopic (exact) mass is 599 g/mol. The number of methoxy groups -OCH3 is 1. The van der Waals surface area contributed by atoms with E-state index in [0.29, 0.717) is 11.3 Å². The molecule has 2 aromatic rings. The number of rotatable bonds is 4. The topological polar surface area (TPSA) is 147 Å². The molecule has 0 spiro atoms. The van der Waals surface area contributed by atoms with Crippen molar-refractivity contribution in [1.29, 1.82) is 0 Å². The van der Waals surface area contributed by atoms with Crippen LogP contribution in [0, 0.1) is 27.9 Å². The number of alkyl halides is 2. The Labute approximate surface area is 243 Å². The number of benzene rings is 2. The lowest BCUT2D eigenvalue weighted by molar-refractivity contribution is -0.384. The number of carbonyl (C=O) groups is 4. The van der Waals surface area contributed by atoms with Crippen molar-refractivity contribution in [2.75, 3.05) is 19.1 Å². The Morgan fingerprint density at radius 3 is 2.46 bits per heavy atom. The third-order valence-electron chi connectivity index (χ3n) is 8.86. The van der Waals surface area contributed by atoms with Gasteiger partial charge in [0.2, 0.25) is 11.8 Å². The van der Waals surface area contributed by atoms with Crippen LogP contribution >= 0.6 is 23.2 Å². The highest BCUT2D eigenvalue weighted by atomic mass is 35.5. The maximum absolute atomic E-state index is 14.0. The molecule has 3 fully saturated rings. The number of nitrogens with zero attached hydrogens (tertiary/aromatic N) is 3. The summed E-state index contributed by atoms with van der Waals surface area (Å²) in [4.78, 5) is 63.2. The van der Waals surface area contributed by atoms with Crippen LogP contribution in [0.4, 0.5) is 11.4 Å². The van der Waals surface area contributed by atoms with E-state index in [1.807, 2.05) is 0 Å². The number of aromatic hydroxyl groups is 1. The summed E-state index contributed by atoms with van der Waals surface area (Å²) in [6.07, 6.45) is 1.62. The Morgan fingerprint density at radius 1 is 1.05 bits per heavy atom. The van der Waals surface area contributed by atoms with E-state index in [0.717, 1.165) is 15.9 Å². The largest absolute Gasteiger partial charge is 0.508 e. The second-order valence-electron chi connectivity index (χ2n) is 10.7. The number of nitro groups is 1. The van der Waals surface area contributed by atoms with Crippen molar-refractivity contribution in [1.82, 2.24) is 4.90 Å². The molecule has 4 amide bonds. The molecule has 0 aromatic heterocycles. The van der Waals surface area contributed by atoms with Crippen LogP contribution in [0.5, 0.6) is 11.5 Å². The van der Waals surface area contributed by atoms with Crippen LogP contribution in [0.3, 0.4) is 0 Å². The first-order chi connectivity index (χ1) is 19.4. The second kappa shape index (κ2) is 9.02. The molecule has 2 aromatic carbocycles.